The minimum Gasteiger partial charge on any atom is -0.497 e. The topological polar surface area (TPSA) is 9.23 Å². The fourth-order valence-corrected chi connectivity index (χ4v) is 2.59. The lowest BCUT2D eigenvalue weighted by molar-refractivity contribution is 0.411. The van der Waals surface area contributed by atoms with Crippen molar-refractivity contribution < 1.29 is 9.13 Å². The number of hydrogen-bond donors (Lipinski definition) is 0. The maximum Gasteiger partial charge on any atom is 0.131 e. The van der Waals surface area contributed by atoms with E-state index in [0.29, 0.717) is 17.6 Å². The molecule has 1 nitrogen and oxygen atoms in total. The van der Waals surface area contributed by atoms with Crippen molar-refractivity contribution >= 4 is 7.85 Å². The highest BCUT2D eigenvalue weighted by atomic mass is 19.1. The van der Waals surface area contributed by atoms with Crippen molar-refractivity contribution in [3.05, 3.63) is 53.3 Å². The maximum atomic E-state index is 14.3. The Labute approximate surface area is 133 Å². The van der Waals surface area contributed by atoms with E-state index in [-0.39, 0.29) is 11.2 Å². The van der Waals surface area contributed by atoms with Crippen LogP contribution in [0.4, 0.5) is 4.39 Å². The van der Waals surface area contributed by atoms with Gasteiger partial charge in [0, 0.05) is 5.56 Å². The third-order valence-electron chi connectivity index (χ3n) is 3.59. The molecule has 0 atom stereocenters. The molecule has 0 aliphatic heterocycles. The summed E-state index contributed by atoms with van der Waals surface area (Å²) in [5.74, 6) is 0.414. The standard InChI is InChI=1S/C19H22BFO/c1-19(2,3)11-14-9-13(12-20)5-7-16(14)17-10-15(22-4)6-8-18(17)21/h5-10H,11-12H2,1-4H3. The maximum absolute atomic E-state index is 14.3. The Morgan fingerprint density at radius 1 is 1.05 bits per heavy atom. The minimum absolute atomic E-state index is 0.108. The molecule has 22 heavy (non-hydrogen) atoms. The van der Waals surface area contributed by atoms with Gasteiger partial charge in [-0.15, -0.1) is 0 Å². The Hall–Kier alpha value is -1.77. The summed E-state index contributed by atoms with van der Waals surface area (Å²) in [5.41, 5.74) is 3.76. The molecule has 114 valence electrons. The van der Waals surface area contributed by atoms with Crippen LogP contribution in [0.1, 0.15) is 31.9 Å². The molecule has 0 aromatic heterocycles. The summed E-state index contributed by atoms with van der Waals surface area (Å²) in [6.45, 7) is 6.52. The Bertz CT molecular complexity index is 659. The minimum atomic E-state index is -0.239. The molecule has 0 N–H and O–H groups in total. The van der Waals surface area contributed by atoms with E-state index in [9.17, 15) is 4.39 Å². The second kappa shape index (κ2) is 6.56. The number of benzene rings is 2. The van der Waals surface area contributed by atoms with Crippen LogP contribution in [0.25, 0.3) is 11.1 Å². The molecule has 0 bridgehead atoms. The van der Waals surface area contributed by atoms with Crippen LogP contribution in [-0.2, 0) is 12.7 Å². The summed E-state index contributed by atoms with van der Waals surface area (Å²) < 4.78 is 19.5. The zero-order valence-electron chi connectivity index (χ0n) is 13.7. The van der Waals surface area contributed by atoms with Gasteiger partial charge in [-0.2, -0.15) is 0 Å². The highest BCUT2D eigenvalue weighted by Crippen LogP contribution is 2.33. The second-order valence-electron chi connectivity index (χ2n) is 6.78. The molecule has 0 unspecified atom stereocenters. The Balaban J connectivity index is 2.59. The SMILES string of the molecule is [B]Cc1ccc(-c2cc(OC)ccc2F)c(CC(C)(C)C)c1. The Morgan fingerprint density at radius 2 is 1.77 bits per heavy atom. The van der Waals surface area contributed by atoms with Crippen LogP contribution in [0.15, 0.2) is 36.4 Å². The first kappa shape index (κ1) is 16.6. The van der Waals surface area contributed by atoms with E-state index in [0.717, 1.165) is 23.1 Å². The molecule has 0 aliphatic carbocycles. The van der Waals surface area contributed by atoms with Gasteiger partial charge in [-0.3, -0.25) is 0 Å². The summed E-state index contributed by atoms with van der Waals surface area (Å²) in [6.07, 6.45) is 1.34. The van der Waals surface area contributed by atoms with Gasteiger partial charge in [0.15, 0.2) is 0 Å². The van der Waals surface area contributed by atoms with Crippen LogP contribution >= 0.6 is 0 Å². The Kier molecular flexibility index (Phi) is 4.95. The fourth-order valence-electron chi connectivity index (χ4n) is 2.59. The molecule has 2 rings (SSSR count). The van der Waals surface area contributed by atoms with Gasteiger partial charge in [0.25, 0.3) is 0 Å². The van der Waals surface area contributed by atoms with Crippen LogP contribution in [0.3, 0.4) is 0 Å². The van der Waals surface area contributed by atoms with Crippen LogP contribution in [0.2, 0.25) is 0 Å². The number of halogens is 1. The van der Waals surface area contributed by atoms with Crippen LogP contribution in [0.5, 0.6) is 5.75 Å². The highest BCUT2D eigenvalue weighted by molar-refractivity contribution is 6.08. The largest absolute Gasteiger partial charge is 0.497 e. The quantitative estimate of drug-likeness (QED) is 0.739. The third kappa shape index (κ3) is 3.91. The van der Waals surface area contributed by atoms with E-state index in [4.69, 9.17) is 12.6 Å². The molecule has 0 heterocycles. The summed E-state index contributed by atoms with van der Waals surface area (Å²) in [7, 11) is 7.34. The average molecular weight is 296 g/mol. The van der Waals surface area contributed by atoms with Crippen molar-refractivity contribution in [2.75, 3.05) is 7.11 Å². The normalized spacial score (nSPS) is 11.5. The Morgan fingerprint density at radius 3 is 2.36 bits per heavy atom. The van der Waals surface area contributed by atoms with Crippen molar-refractivity contribution in [1.82, 2.24) is 0 Å². The molecule has 3 heteroatoms. The van der Waals surface area contributed by atoms with Gasteiger partial charge in [-0.25, -0.2) is 4.39 Å². The molecular weight excluding hydrogens is 274 g/mol. The summed E-state index contributed by atoms with van der Waals surface area (Å²) >= 11 is 0. The lowest BCUT2D eigenvalue weighted by Gasteiger charge is -2.22. The van der Waals surface area contributed by atoms with Gasteiger partial charge in [-0.1, -0.05) is 50.9 Å². The van der Waals surface area contributed by atoms with E-state index in [1.165, 1.54) is 6.07 Å². The van der Waals surface area contributed by atoms with Gasteiger partial charge in [-0.05, 0) is 41.2 Å². The molecule has 0 saturated carbocycles. The summed E-state index contributed by atoms with van der Waals surface area (Å²) in [6, 6.07) is 10.8. The van der Waals surface area contributed by atoms with Crippen molar-refractivity contribution in [3.63, 3.8) is 0 Å². The molecule has 0 aliphatic rings. The number of hydrogen-bond acceptors (Lipinski definition) is 1. The lowest BCUT2D eigenvalue weighted by Crippen LogP contribution is -2.10. The predicted octanol–water partition coefficient (Wildman–Crippen LogP) is 4.76. The summed E-state index contributed by atoms with van der Waals surface area (Å²) in [4.78, 5) is 0. The average Bonchev–Trinajstić information content (AvgIpc) is 2.46. The third-order valence-corrected chi connectivity index (χ3v) is 3.59. The van der Waals surface area contributed by atoms with Crippen LogP contribution in [0, 0.1) is 11.2 Å². The van der Waals surface area contributed by atoms with E-state index in [1.807, 2.05) is 12.1 Å². The molecule has 2 radical (unpaired) electrons. The van der Waals surface area contributed by atoms with Gasteiger partial charge in [0.1, 0.15) is 11.6 Å². The monoisotopic (exact) mass is 296 g/mol. The van der Waals surface area contributed by atoms with Crippen molar-refractivity contribution in [2.24, 2.45) is 5.41 Å². The molecule has 0 spiro atoms. The van der Waals surface area contributed by atoms with E-state index in [2.05, 4.69) is 26.8 Å². The van der Waals surface area contributed by atoms with Crippen molar-refractivity contribution in [1.29, 1.82) is 0 Å². The summed E-state index contributed by atoms with van der Waals surface area (Å²) in [5, 5.41) is 0. The van der Waals surface area contributed by atoms with E-state index in [1.54, 1.807) is 19.2 Å². The first-order valence-corrected chi connectivity index (χ1v) is 7.50. The van der Waals surface area contributed by atoms with Gasteiger partial charge in [0.05, 0.1) is 15.0 Å². The van der Waals surface area contributed by atoms with Gasteiger partial charge >= 0.3 is 0 Å². The van der Waals surface area contributed by atoms with Crippen molar-refractivity contribution in [3.8, 4) is 16.9 Å². The van der Waals surface area contributed by atoms with Crippen LogP contribution < -0.4 is 4.74 Å². The first-order chi connectivity index (χ1) is 10.3. The van der Waals surface area contributed by atoms with Crippen molar-refractivity contribution in [2.45, 2.75) is 33.5 Å². The lowest BCUT2D eigenvalue weighted by atomic mass is 9.83. The first-order valence-electron chi connectivity index (χ1n) is 7.50. The molecule has 0 saturated heterocycles. The van der Waals surface area contributed by atoms with E-state index < -0.39 is 0 Å². The van der Waals surface area contributed by atoms with Crippen LogP contribution in [-0.4, -0.2) is 15.0 Å². The molecular formula is C19H22BFO. The number of methoxy groups -OCH3 is 1. The van der Waals surface area contributed by atoms with Gasteiger partial charge in [0.2, 0.25) is 0 Å². The molecule has 2 aromatic carbocycles. The molecule has 2 aromatic rings. The molecule has 0 amide bonds. The predicted molar refractivity (Wildman–Crippen MR) is 91.0 cm³/mol. The molecule has 0 fully saturated rings. The number of ether oxygens (including phenoxy) is 1. The fraction of sp³-hybridized carbons (Fsp3) is 0.368. The van der Waals surface area contributed by atoms with Gasteiger partial charge < -0.3 is 4.74 Å². The zero-order valence-corrected chi connectivity index (χ0v) is 13.7. The highest BCUT2D eigenvalue weighted by Gasteiger charge is 2.17. The van der Waals surface area contributed by atoms with E-state index >= 15 is 0 Å². The smallest absolute Gasteiger partial charge is 0.131 e. The zero-order chi connectivity index (χ0) is 16.3. The second-order valence-corrected chi connectivity index (χ2v) is 6.78. The number of rotatable bonds is 4.